The summed E-state index contributed by atoms with van der Waals surface area (Å²) in [6.45, 7) is 0.422. The summed E-state index contributed by atoms with van der Waals surface area (Å²) in [4.78, 5) is 12.8. The molecule has 1 aliphatic heterocycles. The fourth-order valence-electron chi connectivity index (χ4n) is 3.60. The third-order valence-corrected chi connectivity index (χ3v) is 7.13. The minimum Gasteiger partial charge on any atom is -0.351 e. The van der Waals surface area contributed by atoms with Crippen molar-refractivity contribution in [2.45, 2.75) is 6.42 Å². The van der Waals surface area contributed by atoms with Gasteiger partial charge in [0.25, 0.3) is 5.91 Å². The molecule has 0 spiro atoms. The normalized spacial score (nSPS) is 13.3. The lowest BCUT2D eigenvalue weighted by Crippen LogP contribution is -2.37. The Bertz CT molecular complexity index is 1210. The maximum Gasteiger partial charge on any atom is 0.255 e. The number of amides is 1. The first-order chi connectivity index (χ1) is 14.4. The Morgan fingerprint density at radius 2 is 1.90 bits per heavy atom. The van der Waals surface area contributed by atoms with Gasteiger partial charge in [-0.25, -0.2) is 8.42 Å². The Hall–Kier alpha value is -2.84. The highest BCUT2D eigenvalue weighted by atomic mass is 35.5. The van der Waals surface area contributed by atoms with Crippen LogP contribution in [0.2, 0.25) is 5.02 Å². The fourth-order valence-corrected chi connectivity index (χ4v) is 5.26. The number of benzene rings is 2. The van der Waals surface area contributed by atoms with E-state index in [9.17, 15) is 13.2 Å². The van der Waals surface area contributed by atoms with Crippen molar-refractivity contribution >= 4 is 33.2 Å². The molecular weight excluding hydrogens is 424 g/mol. The summed E-state index contributed by atoms with van der Waals surface area (Å²) in [5.74, 6) is -0.579. The number of carbonyl (C=O) groups excluding carboxylic acids is 1. The summed E-state index contributed by atoms with van der Waals surface area (Å²) in [6, 6.07) is 14.6. The van der Waals surface area contributed by atoms with Crippen LogP contribution in [0.4, 0.5) is 5.69 Å². The van der Waals surface area contributed by atoms with Crippen molar-refractivity contribution in [2.75, 3.05) is 23.1 Å². The standard InChI is InChI=1S/C21H21ClN4O3S/c1-25-14-17(20(24-25)16-7-3-4-8-18(16)22)21(27)23-11-13-30(28,29)26-12-10-15-6-2-5-9-19(15)26/h2-9,14H,10-13H2,1H3,(H,23,27). The molecule has 7 nitrogen and oxygen atoms in total. The highest BCUT2D eigenvalue weighted by Crippen LogP contribution is 2.30. The average molecular weight is 445 g/mol. The summed E-state index contributed by atoms with van der Waals surface area (Å²) >= 11 is 6.26. The molecule has 156 valence electrons. The first-order valence-corrected chi connectivity index (χ1v) is 11.5. The van der Waals surface area contributed by atoms with Crippen LogP contribution in [0.3, 0.4) is 0 Å². The molecule has 2 aromatic carbocycles. The summed E-state index contributed by atoms with van der Waals surface area (Å²) in [5.41, 5.74) is 3.18. The lowest BCUT2D eigenvalue weighted by Gasteiger charge is -2.19. The molecule has 0 fully saturated rings. The van der Waals surface area contributed by atoms with Gasteiger partial charge in [-0.05, 0) is 24.1 Å². The topological polar surface area (TPSA) is 84.3 Å². The molecule has 0 radical (unpaired) electrons. The van der Waals surface area contributed by atoms with Gasteiger partial charge in [0, 0.05) is 31.9 Å². The molecule has 1 N–H and O–H groups in total. The number of anilines is 1. The highest BCUT2D eigenvalue weighted by Gasteiger charge is 2.29. The Morgan fingerprint density at radius 1 is 1.17 bits per heavy atom. The molecule has 2 heterocycles. The Labute approximate surface area is 180 Å². The van der Waals surface area contributed by atoms with Crippen LogP contribution in [0, 0.1) is 0 Å². The van der Waals surface area contributed by atoms with Crippen LogP contribution in [-0.2, 0) is 23.5 Å². The summed E-state index contributed by atoms with van der Waals surface area (Å²) in [7, 11) is -1.82. The molecule has 0 aliphatic carbocycles. The number of rotatable bonds is 6. The Morgan fingerprint density at radius 3 is 2.70 bits per heavy atom. The molecule has 0 saturated heterocycles. The van der Waals surface area contributed by atoms with Gasteiger partial charge in [-0.2, -0.15) is 5.10 Å². The molecule has 1 amide bonds. The fraction of sp³-hybridized carbons (Fsp3) is 0.238. The molecule has 0 bridgehead atoms. The molecule has 1 aromatic heterocycles. The van der Waals surface area contributed by atoms with Crippen LogP contribution in [0.1, 0.15) is 15.9 Å². The van der Waals surface area contributed by atoms with E-state index in [1.54, 1.807) is 31.4 Å². The van der Waals surface area contributed by atoms with E-state index in [1.165, 1.54) is 8.99 Å². The van der Waals surface area contributed by atoms with E-state index in [1.807, 2.05) is 30.3 Å². The minimum atomic E-state index is -3.54. The van der Waals surface area contributed by atoms with Crippen LogP contribution < -0.4 is 9.62 Å². The van der Waals surface area contributed by atoms with Gasteiger partial charge in [-0.1, -0.05) is 48.0 Å². The Balaban J connectivity index is 1.46. The van der Waals surface area contributed by atoms with Crippen LogP contribution in [0.15, 0.2) is 54.7 Å². The van der Waals surface area contributed by atoms with Gasteiger partial charge in [0.1, 0.15) is 5.69 Å². The van der Waals surface area contributed by atoms with E-state index in [0.717, 1.165) is 11.3 Å². The number of aromatic nitrogens is 2. The van der Waals surface area contributed by atoms with Crippen molar-refractivity contribution in [3.63, 3.8) is 0 Å². The van der Waals surface area contributed by atoms with Crippen molar-refractivity contribution in [1.29, 1.82) is 0 Å². The number of aryl methyl sites for hydroxylation is 1. The van der Waals surface area contributed by atoms with Gasteiger partial charge in [0.05, 0.1) is 22.0 Å². The highest BCUT2D eigenvalue weighted by molar-refractivity contribution is 7.92. The third-order valence-electron chi connectivity index (χ3n) is 5.03. The molecule has 0 unspecified atom stereocenters. The van der Waals surface area contributed by atoms with Gasteiger partial charge in [-0.3, -0.25) is 13.8 Å². The lowest BCUT2D eigenvalue weighted by molar-refractivity contribution is 0.0956. The van der Waals surface area contributed by atoms with Gasteiger partial charge in [-0.15, -0.1) is 0 Å². The second-order valence-electron chi connectivity index (χ2n) is 7.07. The first kappa shape index (κ1) is 20.4. The molecular formula is C21H21ClN4O3S. The second-order valence-corrected chi connectivity index (χ2v) is 9.49. The van der Waals surface area contributed by atoms with E-state index >= 15 is 0 Å². The van der Waals surface area contributed by atoms with Crippen LogP contribution >= 0.6 is 11.6 Å². The molecule has 0 atom stereocenters. The van der Waals surface area contributed by atoms with Crippen LogP contribution in [-0.4, -0.2) is 42.9 Å². The van der Waals surface area contributed by atoms with Crippen molar-refractivity contribution in [3.05, 3.63) is 70.9 Å². The molecule has 9 heteroatoms. The number of carbonyl (C=O) groups is 1. The molecule has 0 saturated carbocycles. The zero-order valence-electron chi connectivity index (χ0n) is 16.4. The zero-order valence-corrected chi connectivity index (χ0v) is 17.9. The number of halogens is 1. The van der Waals surface area contributed by atoms with E-state index in [4.69, 9.17) is 11.6 Å². The number of hydrogen-bond acceptors (Lipinski definition) is 4. The van der Waals surface area contributed by atoms with Crippen LogP contribution in [0.25, 0.3) is 11.3 Å². The van der Waals surface area contributed by atoms with Crippen molar-refractivity contribution in [2.24, 2.45) is 7.05 Å². The smallest absolute Gasteiger partial charge is 0.255 e. The number of para-hydroxylation sites is 1. The van der Waals surface area contributed by atoms with Crippen LogP contribution in [0.5, 0.6) is 0 Å². The van der Waals surface area contributed by atoms with E-state index in [-0.39, 0.29) is 12.3 Å². The van der Waals surface area contributed by atoms with Crippen molar-refractivity contribution in [3.8, 4) is 11.3 Å². The lowest BCUT2D eigenvalue weighted by atomic mass is 10.1. The van der Waals surface area contributed by atoms with Gasteiger partial charge in [0.15, 0.2) is 0 Å². The molecule has 4 rings (SSSR count). The van der Waals surface area contributed by atoms with Crippen molar-refractivity contribution < 1.29 is 13.2 Å². The van der Waals surface area contributed by atoms with Gasteiger partial charge >= 0.3 is 0 Å². The third kappa shape index (κ3) is 3.93. The maximum atomic E-state index is 12.8. The molecule has 3 aromatic rings. The minimum absolute atomic E-state index is 0.00328. The Kier molecular flexibility index (Phi) is 5.53. The zero-order chi connectivity index (χ0) is 21.3. The summed E-state index contributed by atoms with van der Waals surface area (Å²) in [6.07, 6.45) is 2.29. The second kappa shape index (κ2) is 8.12. The number of sulfonamides is 1. The average Bonchev–Trinajstić information content (AvgIpc) is 3.32. The summed E-state index contributed by atoms with van der Waals surface area (Å²) in [5, 5.41) is 7.54. The number of nitrogens with one attached hydrogen (secondary N) is 1. The van der Waals surface area contributed by atoms with E-state index < -0.39 is 15.9 Å². The van der Waals surface area contributed by atoms with Gasteiger partial charge < -0.3 is 5.32 Å². The first-order valence-electron chi connectivity index (χ1n) is 9.52. The largest absolute Gasteiger partial charge is 0.351 e. The molecule has 30 heavy (non-hydrogen) atoms. The van der Waals surface area contributed by atoms with E-state index in [0.29, 0.717) is 34.8 Å². The number of fused-ring (bicyclic) bond motifs is 1. The van der Waals surface area contributed by atoms with Gasteiger partial charge in [0.2, 0.25) is 10.0 Å². The predicted octanol–water partition coefficient (Wildman–Crippen LogP) is 2.86. The maximum absolute atomic E-state index is 12.8. The number of nitrogens with zero attached hydrogens (tertiary/aromatic N) is 3. The quantitative estimate of drug-likeness (QED) is 0.633. The SMILES string of the molecule is Cn1cc(C(=O)NCCS(=O)(=O)N2CCc3ccccc32)c(-c2ccccc2Cl)n1. The van der Waals surface area contributed by atoms with E-state index in [2.05, 4.69) is 10.4 Å². The number of hydrogen-bond donors (Lipinski definition) is 1. The monoisotopic (exact) mass is 444 g/mol. The summed E-state index contributed by atoms with van der Waals surface area (Å²) < 4.78 is 28.5. The molecule has 1 aliphatic rings. The predicted molar refractivity (Wildman–Crippen MR) is 117 cm³/mol. The van der Waals surface area contributed by atoms with Crippen molar-refractivity contribution in [1.82, 2.24) is 15.1 Å².